The van der Waals surface area contributed by atoms with E-state index in [9.17, 15) is 13.6 Å². The van der Waals surface area contributed by atoms with Crippen molar-refractivity contribution in [2.75, 3.05) is 0 Å². The maximum Gasteiger partial charge on any atom is 0.264 e. The van der Waals surface area contributed by atoms with Crippen molar-refractivity contribution in [2.24, 2.45) is 0 Å². The standard InChI is InChI=1S/C8H5Br2F2NO/c9-1-4-2-13-7(10)5(3-14)6(4)8(11)12/h2-3,8H,1H2. The molecule has 0 aliphatic rings. The Bertz CT molecular complexity index is 357. The summed E-state index contributed by atoms with van der Waals surface area (Å²) in [6.07, 6.45) is -0.986. The molecule has 0 saturated heterocycles. The molecular formula is C8H5Br2F2NO. The molecule has 1 heterocycles. The van der Waals surface area contributed by atoms with Crippen LogP contribution >= 0.6 is 31.9 Å². The maximum atomic E-state index is 12.6. The lowest BCUT2D eigenvalue weighted by atomic mass is 10.1. The van der Waals surface area contributed by atoms with E-state index in [0.717, 1.165) is 0 Å². The SMILES string of the molecule is O=Cc1c(Br)ncc(CBr)c1C(F)F. The van der Waals surface area contributed by atoms with Crippen LogP contribution in [0.2, 0.25) is 0 Å². The Hall–Kier alpha value is -0.360. The van der Waals surface area contributed by atoms with E-state index in [4.69, 9.17) is 0 Å². The van der Waals surface area contributed by atoms with Crippen molar-refractivity contribution in [1.29, 1.82) is 0 Å². The summed E-state index contributed by atoms with van der Waals surface area (Å²) in [5, 5.41) is 0.244. The van der Waals surface area contributed by atoms with Crippen molar-refractivity contribution in [1.82, 2.24) is 4.98 Å². The van der Waals surface area contributed by atoms with Crippen LogP contribution in [0.5, 0.6) is 0 Å². The number of pyridine rings is 1. The van der Waals surface area contributed by atoms with Crippen LogP contribution in [0.4, 0.5) is 8.78 Å². The van der Waals surface area contributed by atoms with Gasteiger partial charge in [-0.3, -0.25) is 4.79 Å². The van der Waals surface area contributed by atoms with Crippen molar-refractivity contribution in [3.05, 3.63) is 27.5 Å². The zero-order valence-corrected chi connectivity index (χ0v) is 9.98. The van der Waals surface area contributed by atoms with Gasteiger partial charge in [0.2, 0.25) is 0 Å². The van der Waals surface area contributed by atoms with E-state index >= 15 is 0 Å². The number of rotatable bonds is 3. The Kier molecular flexibility index (Phi) is 4.12. The minimum Gasteiger partial charge on any atom is -0.298 e. The molecule has 2 nitrogen and oxygen atoms in total. The normalized spacial score (nSPS) is 10.6. The van der Waals surface area contributed by atoms with Gasteiger partial charge in [0, 0.05) is 17.1 Å². The molecule has 0 amide bonds. The molecular weight excluding hydrogens is 324 g/mol. The molecule has 0 spiro atoms. The van der Waals surface area contributed by atoms with E-state index in [2.05, 4.69) is 36.8 Å². The molecule has 6 heteroatoms. The van der Waals surface area contributed by atoms with Gasteiger partial charge >= 0.3 is 0 Å². The Morgan fingerprint density at radius 2 is 2.21 bits per heavy atom. The minimum absolute atomic E-state index is 0.0862. The first-order valence-electron chi connectivity index (χ1n) is 3.58. The van der Waals surface area contributed by atoms with Gasteiger partial charge in [-0.1, -0.05) is 15.9 Å². The molecule has 0 bridgehead atoms. The highest BCUT2D eigenvalue weighted by Gasteiger charge is 2.20. The molecule has 0 aromatic carbocycles. The number of carbonyl (C=O) groups is 1. The summed E-state index contributed by atoms with van der Waals surface area (Å²) in [7, 11) is 0. The molecule has 0 aliphatic heterocycles. The molecule has 0 fully saturated rings. The third kappa shape index (κ3) is 2.17. The van der Waals surface area contributed by atoms with E-state index in [-0.39, 0.29) is 21.1 Å². The van der Waals surface area contributed by atoms with Gasteiger partial charge in [0.15, 0.2) is 6.29 Å². The number of aldehydes is 1. The summed E-state index contributed by atoms with van der Waals surface area (Å²) in [5.41, 5.74) is -0.0269. The number of hydrogen-bond donors (Lipinski definition) is 0. The van der Waals surface area contributed by atoms with Crippen LogP contribution < -0.4 is 0 Å². The fourth-order valence-electron chi connectivity index (χ4n) is 1.03. The molecule has 14 heavy (non-hydrogen) atoms. The van der Waals surface area contributed by atoms with Crippen molar-refractivity contribution >= 4 is 38.1 Å². The first-order chi connectivity index (χ1) is 6.61. The number of alkyl halides is 3. The number of aromatic nitrogens is 1. The van der Waals surface area contributed by atoms with Crippen molar-refractivity contribution in [2.45, 2.75) is 11.8 Å². The van der Waals surface area contributed by atoms with E-state index in [1.807, 2.05) is 0 Å². The molecule has 76 valence electrons. The van der Waals surface area contributed by atoms with Crippen molar-refractivity contribution in [3.8, 4) is 0 Å². The van der Waals surface area contributed by atoms with E-state index in [1.54, 1.807) is 0 Å². The van der Waals surface area contributed by atoms with E-state index in [0.29, 0.717) is 11.8 Å². The van der Waals surface area contributed by atoms with Crippen LogP contribution in [0.1, 0.15) is 27.9 Å². The van der Waals surface area contributed by atoms with Crippen LogP contribution in [-0.4, -0.2) is 11.3 Å². The van der Waals surface area contributed by atoms with Gasteiger partial charge < -0.3 is 0 Å². The van der Waals surface area contributed by atoms with Crippen LogP contribution in [0, 0.1) is 0 Å². The fraction of sp³-hybridized carbons (Fsp3) is 0.250. The molecule has 0 saturated carbocycles. The lowest BCUT2D eigenvalue weighted by Gasteiger charge is -2.09. The average Bonchev–Trinajstić information content (AvgIpc) is 2.17. The zero-order valence-electron chi connectivity index (χ0n) is 6.81. The Labute approximate surface area is 96.0 Å². The second kappa shape index (κ2) is 4.93. The largest absolute Gasteiger partial charge is 0.298 e. The Balaban J connectivity index is 3.43. The van der Waals surface area contributed by atoms with Gasteiger partial charge in [-0.15, -0.1) is 0 Å². The molecule has 0 aliphatic carbocycles. The minimum atomic E-state index is -2.68. The van der Waals surface area contributed by atoms with Crippen LogP contribution in [-0.2, 0) is 5.33 Å². The molecule has 1 rings (SSSR count). The second-order valence-electron chi connectivity index (χ2n) is 2.45. The predicted octanol–water partition coefficient (Wildman–Crippen LogP) is 3.49. The first kappa shape index (κ1) is 11.7. The van der Waals surface area contributed by atoms with E-state index < -0.39 is 6.43 Å². The smallest absolute Gasteiger partial charge is 0.264 e. The quantitative estimate of drug-likeness (QED) is 0.483. The molecule has 0 unspecified atom stereocenters. The van der Waals surface area contributed by atoms with Gasteiger partial charge in [0.05, 0.1) is 5.56 Å². The molecule has 0 radical (unpaired) electrons. The van der Waals surface area contributed by atoms with Gasteiger partial charge in [0.25, 0.3) is 6.43 Å². The Morgan fingerprint density at radius 1 is 1.57 bits per heavy atom. The summed E-state index contributed by atoms with van der Waals surface area (Å²) in [4.78, 5) is 14.4. The average molecular weight is 329 g/mol. The third-order valence-corrected chi connectivity index (χ3v) is 2.91. The summed E-state index contributed by atoms with van der Waals surface area (Å²) in [6, 6.07) is 0. The molecule has 1 aromatic rings. The van der Waals surface area contributed by atoms with Crippen LogP contribution in [0.3, 0.4) is 0 Å². The number of halogens is 4. The fourth-order valence-corrected chi connectivity index (χ4v) is 1.89. The summed E-state index contributed by atoms with van der Waals surface area (Å²) in [6.45, 7) is 0. The van der Waals surface area contributed by atoms with Crippen LogP contribution in [0.25, 0.3) is 0 Å². The summed E-state index contributed by atoms with van der Waals surface area (Å²) in [5.74, 6) is 0. The van der Waals surface area contributed by atoms with E-state index in [1.165, 1.54) is 6.20 Å². The molecule has 0 atom stereocenters. The maximum absolute atomic E-state index is 12.6. The third-order valence-electron chi connectivity index (χ3n) is 1.67. The highest BCUT2D eigenvalue weighted by Crippen LogP contribution is 2.30. The molecule has 1 aromatic heterocycles. The van der Waals surface area contributed by atoms with Gasteiger partial charge in [-0.05, 0) is 21.5 Å². The van der Waals surface area contributed by atoms with Gasteiger partial charge in [-0.2, -0.15) is 0 Å². The highest BCUT2D eigenvalue weighted by molar-refractivity contribution is 9.10. The number of carbonyl (C=O) groups excluding carboxylic acids is 1. The lowest BCUT2D eigenvalue weighted by molar-refractivity contribution is 0.110. The zero-order chi connectivity index (χ0) is 10.7. The highest BCUT2D eigenvalue weighted by atomic mass is 79.9. The Morgan fingerprint density at radius 3 is 2.64 bits per heavy atom. The van der Waals surface area contributed by atoms with Gasteiger partial charge in [-0.25, -0.2) is 13.8 Å². The first-order valence-corrected chi connectivity index (χ1v) is 5.49. The van der Waals surface area contributed by atoms with Crippen LogP contribution in [0.15, 0.2) is 10.8 Å². The van der Waals surface area contributed by atoms with Gasteiger partial charge in [0.1, 0.15) is 4.60 Å². The predicted molar refractivity (Wildman–Crippen MR) is 54.9 cm³/mol. The number of hydrogen-bond acceptors (Lipinski definition) is 2. The number of nitrogens with zero attached hydrogens (tertiary/aromatic N) is 1. The summed E-state index contributed by atoms with van der Waals surface area (Å²) >= 11 is 6.01. The second-order valence-corrected chi connectivity index (χ2v) is 3.77. The lowest BCUT2D eigenvalue weighted by Crippen LogP contribution is -2.01. The topological polar surface area (TPSA) is 30.0 Å². The van der Waals surface area contributed by atoms with Crippen molar-refractivity contribution < 1.29 is 13.6 Å². The van der Waals surface area contributed by atoms with Crippen molar-refractivity contribution in [3.63, 3.8) is 0 Å². The molecule has 0 N–H and O–H groups in total. The summed E-state index contributed by atoms with van der Waals surface area (Å²) < 4.78 is 25.4. The monoisotopic (exact) mass is 327 g/mol.